The second-order valence-electron chi connectivity index (χ2n) is 7.37. The van der Waals surface area contributed by atoms with E-state index in [0.717, 1.165) is 47.6 Å². The monoisotopic (exact) mass is 396 g/mol. The van der Waals surface area contributed by atoms with Gasteiger partial charge in [0.2, 0.25) is 0 Å². The van der Waals surface area contributed by atoms with Gasteiger partial charge in [0.05, 0.1) is 6.07 Å². The molecule has 1 aliphatic carbocycles. The molecule has 1 heterocycles. The molecule has 0 spiro atoms. The number of nitriles is 1. The lowest BCUT2D eigenvalue weighted by Crippen LogP contribution is -2.38. The van der Waals surface area contributed by atoms with E-state index < -0.39 is 6.43 Å². The van der Waals surface area contributed by atoms with Crippen molar-refractivity contribution < 1.29 is 8.78 Å². The van der Waals surface area contributed by atoms with Crippen LogP contribution in [0.25, 0.3) is 12.3 Å². The highest BCUT2D eigenvalue weighted by molar-refractivity contribution is 5.56. The Morgan fingerprint density at radius 1 is 1.31 bits per heavy atom. The van der Waals surface area contributed by atoms with Gasteiger partial charge in [-0.05, 0) is 60.8 Å². The number of halogens is 2. The molecule has 2 aliphatic rings. The first kappa shape index (κ1) is 20.8. The zero-order chi connectivity index (χ0) is 20.8. The highest BCUT2D eigenvalue weighted by Gasteiger charge is 2.23. The first-order valence-corrected chi connectivity index (χ1v) is 9.82. The third-order valence-electron chi connectivity index (χ3n) is 5.41. The number of nitrogens with two attached hydrogens (primary N) is 1. The van der Waals surface area contributed by atoms with Gasteiger partial charge in [-0.15, -0.1) is 0 Å². The number of benzene rings is 1. The molecule has 0 saturated carbocycles. The molecule has 1 aromatic carbocycles. The van der Waals surface area contributed by atoms with Gasteiger partial charge in [0, 0.05) is 34.6 Å². The second-order valence-corrected chi connectivity index (χ2v) is 7.37. The molecule has 1 fully saturated rings. The van der Waals surface area contributed by atoms with Crippen LogP contribution in [0.15, 0.2) is 48.1 Å². The summed E-state index contributed by atoms with van der Waals surface area (Å²) in [6, 6.07) is 6.25. The summed E-state index contributed by atoms with van der Waals surface area (Å²) in [6.45, 7) is 5.67. The van der Waals surface area contributed by atoms with Crippen LogP contribution >= 0.6 is 0 Å². The van der Waals surface area contributed by atoms with Gasteiger partial charge in [0.1, 0.15) is 0 Å². The van der Waals surface area contributed by atoms with E-state index in [-0.39, 0.29) is 23.5 Å². The summed E-state index contributed by atoms with van der Waals surface area (Å²) < 4.78 is 26.7. The van der Waals surface area contributed by atoms with Crippen molar-refractivity contribution >= 4 is 18.0 Å². The number of hydrogen-bond acceptors (Lipinski definition) is 4. The van der Waals surface area contributed by atoms with Crippen molar-refractivity contribution in [1.82, 2.24) is 5.32 Å². The van der Waals surface area contributed by atoms with E-state index in [0.29, 0.717) is 6.04 Å². The fourth-order valence-electron chi connectivity index (χ4n) is 3.94. The molecule has 1 aromatic rings. The zero-order valence-electron chi connectivity index (χ0n) is 16.3. The van der Waals surface area contributed by atoms with Crippen LogP contribution in [0.5, 0.6) is 0 Å². The van der Waals surface area contributed by atoms with Crippen molar-refractivity contribution in [3.8, 4) is 6.07 Å². The van der Waals surface area contributed by atoms with E-state index >= 15 is 0 Å². The van der Waals surface area contributed by atoms with Gasteiger partial charge in [-0.3, -0.25) is 0 Å². The first-order chi connectivity index (χ1) is 14.0. The van der Waals surface area contributed by atoms with E-state index in [4.69, 9.17) is 5.73 Å². The fraction of sp³-hybridized carbons (Fsp3) is 0.348. The Bertz CT molecular complexity index is 979. The normalized spacial score (nSPS) is 21.5. The van der Waals surface area contributed by atoms with Crippen molar-refractivity contribution in [1.29, 1.82) is 5.26 Å². The lowest BCUT2D eigenvalue weighted by Gasteiger charge is -2.26. The Hall–Kier alpha value is -2.91. The Morgan fingerprint density at radius 2 is 2.07 bits per heavy atom. The molecule has 0 amide bonds. The molecule has 0 radical (unpaired) electrons. The minimum Gasteiger partial charge on any atom is -0.404 e. The number of rotatable bonds is 5. The van der Waals surface area contributed by atoms with Crippen molar-refractivity contribution in [2.75, 3.05) is 18.4 Å². The van der Waals surface area contributed by atoms with E-state index in [1.54, 1.807) is 18.4 Å². The van der Waals surface area contributed by atoms with Gasteiger partial charge in [-0.2, -0.15) is 5.26 Å². The standard InChI is InChI=1S/C23H26F2N4/c1-2-3-16-10-18(17-8-15(13-26)9-19(11-17)23(24)25)12-22(21(16)14-27)29-20-4-6-28-7-5-20/h2-3,8-10,12,14,17,20,23,28-29H,1,4-7,11,27H2/b16-3-,21-14+. The molecule has 3 rings (SSSR count). The SMILES string of the molecule is C=C/C=c1/cc(C2C=C(C#N)C=C(C(F)F)C2)cc(NC2CCNCC2)/c1=C/N. The summed E-state index contributed by atoms with van der Waals surface area (Å²) in [4.78, 5) is 0. The maximum absolute atomic E-state index is 13.4. The number of hydrogen-bond donors (Lipinski definition) is 3. The van der Waals surface area contributed by atoms with Gasteiger partial charge < -0.3 is 16.4 Å². The van der Waals surface area contributed by atoms with Crippen LogP contribution < -0.4 is 26.8 Å². The fourth-order valence-corrected chi connectivity index (χ4v) is 3.94. The maximum Gasteiger partial charge on any atom is 0.260 e. The molecule has 0 aromatic heterocycles. The van der Waals surface area contributed by atoms with E-state index in [9.17, 15) is 14.0 Å². The molecule has 1 unspecified atom stereocenters. The summed E-state index contributed by atoms with van der Waals surface area (Å²) in [7, 11) is 0. The van der Waals surface area contributed by atoms with Crippen LogP contribution in [-0.4, -0.2) is 25.6 Å². The van der Waals surface area contributed by atoms with Crippen LogP contribution in [-0.2, 0) is 0 Å². The minimum atomic E-state index is -2.57. The van der Waals surface area contributed by atoms with E-state index in [1.807, 2.05) is 24.3 Å². The number of nitrogens with zero attached hydrogens (tertiary/aromatic N) is 1. The van der Waals surface area contributed by atoms with Crippen LogP contribution in [0.2, 0.25) is 0 Å². The van der Waals surface area contributed by atoms with Crippen LogP contribution in [0.3, 0.4) is 0 Å². The lowest BCUT2D eigenvalue weighted by molar-refractivity contribution is 0.183. The lowest BCUT2D eigenvalue weighted by atomic mass is 9.85. The largest absolute Gasteiger partial charge is 0.404 e. The van der Waals surface area contributed by atoms with Gasteiger partial charge in [0.15, 0.2) is 0 Å². The third-order valence-corrected chi connectivity index (χ3v) is 5.41. The summed E-state index contributed by atoms with van der Waals surface area (Å²) >= 11 is 0. The Kier molecular flexibility index (Phi) is 6.84. The molecule has 1 aliphatic heterocycles. The molecule has 29 heavy (non-hydrogen) atoms. The summed E-state index contributed by atoms with van der Waals surface area (Å²) in [5.74, 6) is -0.295. The van der Waals surface area contributed by atoms with Crippen molar-refractivity contribution in [2.45, 2.75) is 37.6 Å². The minimum absolute atomic E-state index is 0.00868. The van der Waals surface area contributed by atoms with E-state index in [2.05, 4.69) is 17.2 Å². The Morgan fingerprint density at radius 3 is 2.69 bits per heavy atom. The highest BCUT2D eigenvalue weighted by atomic mass is 19.3. The zero-order valence-corrected chi connectivity index (χ0v) is 16.3. The molecule has 4 nitrogen and oxygen atoms in total. The average Bonchev–Trinajstić information content (AvgIpc) is 2.74. The average molecular weight is 396 g/mol. The summed E-state index contributed by atoms with van der Waals surface area (Å²) in [6.07, 6.45) is 7.77. The number of anilines is 1. The van der Waals surface area contributed by atoms with Gasteiger partial charge in [-0.1, -0.05) is 30.9 Å². The maximum atomic E-state index is 13.4. The Labute approximate surface area is 169 Å². The predicted octanol–water partition coefficient (Wildman–Crippen LogP) is 2.64. The summed E-state index contributed by atoms with van der Waals surface area (Å²) in [5, 5.41) is 17.9. The molecule has 0 bridgehead atoms. The first-order valence-electron chi connectivity index (χ1n) is 9.82. The molecule has 1 saturated heterocycles. The number of alkyl halides is 2. The van der Waals surface area contributed by atoms with Gasteiger partial charge in [-0.25, -0.2) is 8.78 Å². The quantitative estimate of drug-likeness (QED) is 0.715. The topological polar surface area (TPSA) is 73.9 Å². The smallest absolute Gasteiger partial charge is 0.260 e. The van der Waals surface area contributed by atoms with Crippen LogP contribution in [0.1, 0.15) is 30.7 Å². The van der Waals surface area contributed by atoms with Crippen molar-refractivity contribution in [3.05, 3.63) is 64.1 Å². The molecule has 152 valence electrons. The molecule has 6 heteroatoms. The van der Waals surface area contributed by atoms with E-state index in [1.165, 1.54) is 6.08 Å². The number of piperidine rings is 1. The van der Waals surface area contributed by atoms with Crippen molar-refractivity contribution in [3.63, 3.8) is 0 Å². The predicted molar refractivity (Wildman–Crippen MR) is 114 cm³/mol. The molecular weight excluding hydrogens is 370 g/mol. The molecule has 4 N–H and O–H groups in total. The summed E-state index contributed by atoms with van der Waals surface area (Å²) in [5.41, 5.74) is 7.94. The van der Waals surface area contributed by atoms with Gasteiger partial charge >= 0.3 is 0 Å². The molecule has 1 atom stereocenters. The second kappa shape index (κ2) is 9.53. The van der Waals surface area contributed by atoms with Crippen LogP contribution in [0.4, 0.5) is 14.5 Å². The molecular formula is C23H26F2N4. The van der Waals surface area contributed by atoms with Crippen LogP contribution in [0, 0.1) is 11.3 Å². The third kappa shape index (κ3) is 4.93. The highest BCUT2D eigenvalue weighted by Crippen LogP contribution is 2.33. The number of allylic oxidation sites excluding steroid dienone is 5. The number of nitrogens with one attached hydrogen (secondary N) is 2. The van der Waals surface area contributed by atoms with Crippen molar-refractivity contribution in [2.24, 2.45) is 5.73 Å². The Balaban J connectivity index is 2.06. The van der Waals surface area contributed by atoms with Gasteiger partial charge in [0.25, 0.3) is 6.43 Å².